The topological polar surface area (TPSA) is 76.7 Å². The monoisotopic (exact) mass is 360 g/mol. The number of ether oxygens (including phenoxy) is 2. The van der Waals surface area contributed by atoms with Gasteiger partial charge in [0.2, 0.25) is 0 Å². The van der Waals surface area contributed by atoms with Crippen LogP contribution in [0.4, 0.5) is 0 Å². The summed E-state index contributed by atoms with van der Waals surface area (Å²) in [4.78, 5) is 24.0. The maximum absolute atomic E-state index is 11.8. The Bertz CT molecular complexity index is 742. The highest BCUT2D eigenvalue weighted by Gasteiger charge is 2.07. The minimum absolute atomic E-state index is 0.351. The molecule has 2 amide bonds. The molecule has 2 rings (SSSR count). The lowest BCUT2D eigenvalue weighted by molar-refractivity contribution is -0.117. The molecule has 0 fully saturated rings. The lowest BCUT2D eigenvalue weighted by Crippen LogP contribution is -2.40. The zero-order valence-corrected chi connectivity index (χ0v) is 14.9. The van der Waals surface area contributed by atoms with Gasteiger partial charge >= 0.3 is 0 Å². The van der Waals surface area contributed by atoms with Gasteiger partial charge in [0.15, 0.2) is 11.5 Å². The lowest BCUT2D eigenvalue weighted by atomic mass is 10.2. The highest BCUT2D eigenvalue weighted by Crippen LogP contribution is 2.28. The van der Waals surface area contributed by atoms with Crippen molar-refractivity contribution in [2.24, 2.45) is 0 Å². The number of benzene rings is 1. The molecule has 1 heterocycles. The van der Waals surface area contributed by atoms with Crippen molar-refractivity contribution in [1.82, 2.24) is 10.9 Å². The molecule has 1 aromatic carbocycles. The van der Waals surface area contributed by atoms with E-state index in [1.807, 2.05) is 13.0 Å². The average Bonchev–Trinajstić information content (AvgIpc) is 3.17. The van der Waals surface area contributed by atoms with Gasteiger partial charge in [-0.05, 0) is 41.6 Å². The number of amides is 2. The Balaban J connectivity index is 1.91. The first-order valence-corrected chi connectivity index (χ1v) is 8.64. The van der Waals surface area contributed by atoms with Crippen molar-refractivity contribution in [1.29, 1.82) is 0 Å². The number of methoxy groups -OCH3 is 1. The smallest absolute Gasteiger partial charge is 0.279 e. The zero-order valence-electron chi connectivity index (χ0n) is 14.1. The Kier molecular flexibility index (Phi) is 7.03. The van der Waals surface area contributed by atoms with Gasteiger partial charge in [-0.3, -0.25) is 20.4 Å². The number of carbonyl (C=O) groups is 2. The van der Waals surface area contributed by atoms with Crippen molar-refractivity contribution in [2.45, 2.75) is 13.3 Å². The second-order valence-corrected chi connectivity index (χ2v) is 5.96. The molecule has 1 aromatic heterocycles. The van der Waals surface area contributed by atoms with Crippen molar-refractivity contribution in [3.63, 3.8) is 0 Å². The van der Waals surface area contributed by atoms with Crippen LogP contribution in [0, 0.1) is 0 Å². The van der Waals surface area contributed by atoms with Crippen LogP contribution in [-0.4, -0.2) is 25.5 Å². The van der Waals surface area contributed by atoms with E-state index in [0.717, 1.165) is 12.0 Å². The third-order valence-electron chi connectivity index (χ3n) is 3.12. The summed E-state index contributed by atoms with van der Waals surface area (Å²) in [5.41, 5.74) is 5.46. The molecule has 0 saturated heterocycles. The van der Waals surface area contributed by atoms with Crippen LogP contribution in [0.1, 0.15) is 28.6 Å². The SMILES string of the molecule is CCCOc1ccc(/C=C/C(=O)NNC(=O)c2cccs2)cc1OC. The molecule has 0 radical (unpaired) electrons. The second kappa shape index (κ2) is 9.48. The third kappa shape index (κ3) is 5.65. The first-order valence-electron chi connectivity index (χ1n) is 7.76. The minimum atomic E-state index is -0.435. The van der Waals surface area contributed by atoms with Crippen molar-refractivity contribution in [3.05, 3.63) is 52.2 Å². The molecular formula is C18H20N2O4S. The summed E-state index contributed by atoms with van der Waals surface area (Å²) in [6.45, 7) is 2.64. The molecule has 132 valence electrons. The molecule has 25 heavy (non-hydrogen) atoms. The molecular weight excluding hydrogens is 340 g/mol. The van der Waals surface area contributed by atoms with Gasteiger partial charge in [0, 0.05) is 6.08 Å². The fourth-order valence-electron chi connectivity index (χ4n) is 1.92. The van der Waals surface area contributed by atoms with Gasteiger partial charge in [-0.15, -0.1) is 11.3 Å². The van der Waals surface area contributed by atoms with Crippen molar-refractivity contribution >= 4 is 29.2 Å². The first-order chi connectivity index (χ1) is 12.1. The highest BCUT2D eigenvalue weighted by molar-refractivity contribution is 7.12. The van der Waals surface area contributed by atoms with Crippen LogP contribution in [0.15, 0.2) is 41.8 Å². The maximum atomic E-state index is 11.8. The van der Waals surface area contributed by atoms with Crippen LogP contribution in [0.3, 0.4) is 0 Å². The largest absolute Gasteiger partial charge is 0.493 e. The standard InChI is InChI=1S/C18H20N2O4S/c1-3-10-24-14-8-6-13(12-15(14)23-2)7-9-17(21)19-20-18(22)16-5-4-11-25-16/h4-9,11-12H,3,10H2,1-2H3,(H,19,21)(H,20,22)/b9-7+. The van der Waals surface area contributed by atoms with Gasteiger partial charge < -0.3 is 9.47 Å². The van der Waals surface area contributed by atoms with Crippen molar-refractivity contribution < 1.29 is 19.1 Å². The Morgan fingerprint density at radius 2 is 2.04 bits per heavy atom. The molecule has 6 nitrogen and oxygen atoms in total. The summed E-state index contributed by atoms with van der Waals surface area (Å²) < 4.78 is 10.9. The van der Waals surface area contributed by atoms with E-state index in [1.54, 1.807) is 42.8 Å². The summed E-state index contributed by atoms with van der Waals surface area (Å²) in [5, 5.41) is 1.79. The predicted molar refractivity (Wildman–Crippen MR) is 97.7 cm³/mol. The zero-order chi connectivity index (χ0) is 18.1. The number of rotatable bonds is 7. The van der Waals surface area contributed by atoms with Crippen LogP contribution < -0.4 is 20.3 Å². The van der Waals surface area contributed by atoms with E-state index in [2.05, 4.69) is 10.9 Å². The number of hydrogen-bond acceptors (Lipinski definition) is 5. The first kappa shape index (κ1) is 18.5. The Labute approximate surface area is 150 Å². The summed E-state index contributed by atoms with van der Waals surface area (Å²) in [7, 11) is 1.56. The quantitative estimate of drug-likeness (QED) is 0.588. The van der Waals surface area contributed by atoms with Crippen molar-refractivity contribution in [2.75, 3.05) is 13.7 Å². The average molecular weight is 360 g/mol. The number of hydrogen-bond donors (Lipinski definition) is 2. The molecule has 2 aromatic rings. The summed E-state index contributed by atoms with van der Waals surface area (Å²) in [6.07, 6.45) is 3.86. The van der Waals surface area contributed by atoms with Crippen LogP contribution in [0.25, 0.3) is 6.08 Å². The molecule has 0 unspecified atom stereocenters. The number of nitrogens with one attached hydrogen (secondary N) is 2. The third-order valence-corrected chi connectivity index (χ3v) is 3.99. The lowest BCUT2D eigenvalue weighted by Gasteiger charge is -2.10. The molecule has 0 bridgehead atoms. The second-order valence-electron chi connectivity index (χ2n) is 5.01. The van der Waals surface area contributed by atoms with E-state index < -0.39 is 5.91 Å². The molecule has 0 aliphatic carbocycles. The summed E-state index contributed by atoms with van der Waals surface area (Å²) in [5.74, 6) is 0.474. The molecule has 0 aliphatic rings. The van der Waals surface area contributed by atoms with E-state index in [9.17, 15) is 9.59 Å². The van der Waals surface area contributed by atoms with Gasteiger partial charge in [0.05, 0.1) is 18.6 Å². The van der Waals surface area contributed by atoms with Gasteiger partial charge in [-0.25, -0.2) is 0 Å². The fourth-order valence-corrected chi connectivity index (χ4v) is 2.54. The molecule has 0 aliphatic heterocycles. The van der Waals surface area contributed by atoms with Gasteiger partial charge in [0.1, 0.15) is 0 Å². The molecule has 0 spiro atoms. The summed E-state index contributed by atoms with van der Waals surface area (Å²) >= 11 is 1.30. The molecule has 0 saturated carbocycles. The van der Waals surface area contributed by atoms with E-state index in [4.69, 9.17) is 9.47 Å². The molecule has 7 heteroatoms. The van der Waals surface area contributed by atoms with E-state index >= 15 is 0 Å². The van der Waals surface area contributed by atoms with Gasteiger partial charge in [-0.1, -0.05) is 19.1 Å². The van der Waals surface area contributed by atoms with Gasteiger partial charge in [0.25, 0.3) is 11.8 Å². The molecule has 2 N–H and O–H groups in total. The number of hydrazine groups is 1. The summed E-state index contributed by atoms with van der Waals surface area (Å²) in [6, 6.07) is 8.84. The molecule has 0 atom stereocenters. The van der Waals surface area contributed by atoms with Crippen LogP contribution in [-0.2, 0) is 4.79 Å². The number of thiophene rings is 1. The maximum Gasteiger partial charge on any atom is 0.279 e. The van der Waals surface area contributed by atoms with Crippen molar-refractivity contribution in [3.8, 4) is 11.5 Å². The van der Waals surface area contributed by atoms with E-state index in [0.29, 0.717) is 23.0 Å². The van der Waals surface area contributed by atoms with Gasteiger partial charge in [-0.2, -0.15) is 0 Å². The van der Waals surface area contributed by atoms with Crippen LogP contribution in [0.5, 0.6) is 11.5 Å². The highest BCUT2D eigenvalue weighted by atomic mass is 32.1. The normalized spacial score (nSPS) is 10.5. The number of carbonyl (C=O) groups excluding carboxylic acids is 2. The van der Waals surface area contributed by atoms with E-state index in [-0.39, 0.29) is 5.91 Å². The minimum Gasteiger partial charge on any atom is -0.493 e. The van der Waals surface area contributed by atoms with Crippen LogP contribution >= 0.6 is 11.3 Å². The Hall–Kier alpha value is -2.80. The van der Waals surface area contributed by atoms with E-state index in [1.165, 1.54) is 17.4 Å². The Morgan fingerprint density at radius 3 is 2.72 bits per heavy atom. The fraction of sp³-hybridized carbons (Fsp3) is 0.222. The van der Waals surface area contributed by atoms with Crippen LogP contribution in [0.2, 0.25) is 0 Å². The predicted octanol–water partition coefficient (Wildman–Crippen LogP) is 3.02. The Morgan fingerprint density at radius 1 is 1.20 bits per heavy atom.